The van der Waals surface area contributed by atoms with Crippen LogP contribution >= 0.6 is 11.3 Å². The van der Waals surface area contributed by atoms with E-state index in [0.29, 0.717) is 12.3 Å². The van der Waals surface area contributed by atoms with Gasteiger partial charge in [0.1, 0.15) is 5.75 Å². The first-order valence-electron chi connectivity index (χ1n) is 10.5. The average molecular weight is 429 g/mol. The smallest absolute Gasteiger partial charge is 0.258 e. The largest absolute Gasteiger partial charge is 0.484 e. The van der Waals surface area contributed by atoms with Crippen molar-refractivity contribution in [1.29, 1.82) is 0 Å². The van der Waals surface area contributed by atoms with Gasteiger partial charge in [0.25, 0.3) is 5.91 Å². The lowest BCUT2D eigenvalue weighted by Gasteiger charge is -2.30. The molecule has 3 aromatic carbocycles. The van der Waals surface area contributed by atoms with Crippen LogP contribution in [0.15, 0.2) is 84.2 Å². The van der Waals surface area contributed by atoms with Gasteiger partial charge in [-0.2, -0.15) is 0 Å². The topological polar surface area (TPSA) is 41.6 Å². The minimum atomic E-state index is -0.109. The fraction of sp³-hybridized carbons (Fsp3) is 0.192. The van der Waals surface area contributed by atoms with Crippen LogP contribution in [0.4, 0.5) is 5.69 Å². The number of benzene rings is 3. The number of hydrogen-bond acceptors (Lipinski definition) is 4. The van der Waals surface area contributed by atoms with Crippen LogP contribution in [-0.4, -0.2) is 25.6 Å². The van der Waals surface area contributed by atoms with Gasteiger partial charge >= 0.3 is 0 Å². The molecule has 1 atom stereocenters. The molecule has 0 unspecified atom stereocenters. The van der Waals surface area contributed by atoms with Crippen LogP contribution in [0.2, 0.25) is 0 Å². The molecule has 0 spiro atoms. The van der Waals surface area contributed by atoms with Crippen LogP contribution in [0.1, 0.15) is 16.5 Å². The number of para-hydroxylation sites is 1. The van der Waals surface area contributed by atoms with Crippen molar-refractivity contribution >= 4 is 33.7 Å². The second-order valence-electron chi connectivity index (χ2n) is 7.71. The second kappa shape index (κ2) is 8.82. The molecule has 156 valence electrons. The minimum Gasteiger partial charge on any atom is -0.484 e. The first kappa shape index (κ1) is 19.6. The predicted octanol–water partition coefficient (Wildman–Crippen LogP) is 5.20. The first-order valence-corrected chi connectivity index (χ1v) is 11.4. The molecule has 1 N–H and O–H groups in total. The summed E-state index contributed by atoms with van der Waals surface area (Å²) < 4.78 is 5.76. The molecule has 4 aromatic rings. The van der Waals surface area contributed by atoms with E-state index in [1.54, 1.807) is 11.3 Å². The summed E-state index contributed by atoms with van der Waals surface area (Å²) in [6.45, 7) is 1.52. The predicted molar refractivity (Wildman–Crippen MR) is 127 cm³/mol. The van der Waals surface area contributed by atoms with Gasteiger partial charge in [-0.25, -0.2) is 0 Å². The van der Waals surface area contributed by atoms with Crippen LogP contribution in [0.3, 0.4) is 0 Å². The van der Waals surface area contributed by atoms with Gasteiger partial charge in [-0.3, -0.25) is 4.79 Å². The zero-order chi connectivity index (χ0) is 21.0. The molecule has 0 saturated heterocycles. The maximum atomic E-state index is 12.6. The van der Waals surface area contributed by atoms with Gasteiger partial charge < -0.3 is 15.0 Å². The van der Waals surface area contributed by atoms with Crippen LogP contribution < -0.4 is 15.0 Å². The highest BCUT2D eigenvalue weighted by atomic mass is 32.1. The Bertz CT molecular complexity index is 1190. The Kier molecular flexibility index (Phi) is 5.59. The van der Waals surface area contributed by atoms with E-state index in [1.165, 1.54) is 16.1 Å². The van der Waals surface area contributed by atoms with Crippen molar-refractivity contribution < 1.29 is 9.53 Å². The lowest BCUT2D eigenvalue weighted by molar-refractivity contribution is -0.123. The van der Waals surface area contributed by atoms with E-state index in [1.807, 2.05) is 36.4 Å². The van der Waals surface area contributed by atoms with Crippen LogP contribution in [-0.2, 0) is 11.2 Å². The van der Waals surface area contributed by atoms with Gasteiger partial charge in [0.05, 0.1) is 6.04 Å². The molecule has 5 rings (SSSR count). The van der Waals surface area contributed by atoms with Crippen molar-refractivity contribution in [1.82, 2.24) is 5.32 Å². The third-order valence-electron chi connectivity index (χ3n) is 5.75. The van der Waals surface area contributed by atoms with E-state index in [-0.39, 0.29) is 18.6 Å². The van der Waals surface area contributed by atoms with Gasteiger partial charge in [-0.05, 0) is 52.4 Å². The van der Waals surface area contributed by atoms with Crippen molar-refractivity contribution in [3.05, 3.63) is 94.7 Å². The Morgan fingerprint density at radius 1 is 1.00 bits per heavy atom. The van der Waals surface area contributed by atoms with E-state index in [9.17, 15) is 4.79 Å². The third-order valence-corrected chi connectivity index (χ3v) is 6.73. The molecule has 5 heteroatoms. The zero-order valence-electron chi connectivity index (χ0n) is 17.2. The molecule has 0 radical (unpaired) electrons. The number of carbonyl (C=O) groups excluding carboxylic acids is 1. The quantitative estimate of drug-likeness (QED) is 0.440. The monoisotopic (exact) mass is 428 g/mol. The third kappa shape index (κ3) is 4.28. The van der Waals surface area contributed by atoms with Crippen molar-refractivity contribution in [2.24, 2.45) is 0 Å². The van der Waals surface area contributed by atoms with E-state index in [4.69, 9.17) is 4.74 Å². The number of ether oxygens (including phenoxy) is 1. The Balaban J connectivity index is 1.23. The molecule has 1 aliphatic heterocycles. The van der Waals surface area contributed by atoms with Gasteiger partial charge in [0, 0.05) is 23.7 Å². The van der Waals surface area contributed by atoms with E-state index < -0.39 is 0 Å². The molecule has 2 heterocycles. The molecular formula is C26H24N2O2S. The zero-order valence-corrected chi connectivity index (χ0v) is 18.0. The number of nitrogens with zero attached hydrogens (tertiary/aromatic N) is 1. The Morgan fingerprint density at radius 2 is 1.84 bits per heavy atom. The maximum absolute atomic E-state index is 12.6. The van der Waals surface area contributed by atoms with Gasteiger partial charge in [0.2, 0.25) is 0 Å². The number of anilines is 1. The summed E-state index contributed by atoms with van der Waals surface area (Å²) in [6.07, 6.45) is 1.04. The molecule has 1 aliphatic rings. The summed E-state index contributed by atoms with van der Waals surface area (Å²) in [5.41, 5.74) is 2.64. The number of hydrogen-bond donors (Lipinski definition) is 1. The van der Waals surface area contributed by atoms with Crippen molar-refractivity contribution in [2.45, 2.75) is 12.5 Å². The highest BCUT2D eigenvalue weighted by molar-refractivity contribution is 7.10. The summed E-state index contributed by atoms with van der Waals surface area (Å²) >= 11 is 1.73. The summed E-state index contributed by atoms with van der Waals surface area (Å²) in [5.74, 6) is 0.597. The number of fused-ring (bicyclic) bond motifs is 2. The molecule has 31 heavy (non-hydrogen) atoms. The lowest BCUT2D eigenvalue weighted by Crippen LogP contribution is -2.38. The molecule has 0 bridgehead atoms. The number of rotatable bonds is 7. The van der Waals surface area contributed by atoms with Gasteiger partial charge in [-0.15, -0.1) is 11.3 Å². The highest BCUT2D eigenvalue weighted by Crippen LogP contribution is 2.36. The van der Waals surface area contributed by atoms with Gasteiger partial charge in [-0.1, -0.05) is 54.6 Å². The standard InChI is InChI=1S/C26H24N2O2S/c29-26(18-30-22-12-11-19-6-1-2-8-21(19)16-22)27-17-24(25-10-5-15-31-25)28-14-13-20-7-3-4-9-23(20)28/h1-12,15-16,24H,13-14,17-18H2,(H,27,29)/t24-/m0/s1. The SMILES string of the molecule is O=C(COc1ccc2ccccc2c1)NC[C@@H](c1cccs1)N1CCc2ccccc21. The Morgan fingerprint density at radius 3 is 2.71 bits per heavy atom. The second-order valence-corrected chi connectivity index (χ2v) is 8.68. The first-order chi connectivity index (χ1) is 15.3. The Labute approximate surface area is 186 Å². The minimum absolute atomic E-state index is 0.00604. The van der Waals surface area contributed by atoms with Crippen LogP contribution in [0.25, 0.3) is 10.8 Å². The molecule has 0 aliphatic carbocycles. The molecule has 4 nitrogen and oxygen atoms in total. The van der Waals surface area contributed by atoms with Crippen LogP contribution in [0.5, 0.6) is 5.75 Å². The summed E-state index contributed by atoms with van der Waals surface area (Å²) in [5, 5.41) is 7.44. The summed E-state index contributed by atoms with van der Waals surface area (Å²) in [4.78, 5) is 16.2. The normalized spacial score (nSPS) is 13.7. The average Bonchev–Trinajstić information content (AvgIpc) is 3.49. The maximum Gasteiger partial charge on any atom is 0.258 e. The fourth-order valence-electron chi connectivity index (χ4n) is 4.20. The highest BCUT2D eigenvalue weighted by Gasteiger charge is 2.28. The number of amides is 1. The Hall–Kier alpha value is -3.31. The van der Waals surface area contributed by atoms with E-state index >= 15 is 0 Å². The molecule has 1 amide bonds. The molecule has 0 saturated carbocycles. The fourth-order valence-corrected chi connectivity index (χ4v) is 5.04. The number of thiophene rings is 1. The molecule has 1 aromatic heterocycles. The lowest BCUT2D eigenvalue weighted by atomic mass is 10.1. The van der Waals surface area contributed by atoms with Crippen molar-refractivity contribution in [3.63, 3.8) is 0 Å². The van der Waals surface area contributed by atoms with E-state index in [0.717, 1.165) is 23.7 Å². The van der Waals surface area contributed by atoms with Crippen LogP contribution in [0, 0.1) is 0 Å². The summed E-state index contributed by atoms with van der Waals surface area (Å²) in [6, 6.07) is 26.9. The van der Waals surface area contributed by atoms with Crippen molar-refractivity contribution in [2.75, 3.05) is 24.6 Å². The number of nitrogens with one attached hydrogen (secondary N) is 1. The van der Waals surface area contributed by atoms with E-state index in [2.05, 4.69) is 58.1 Å². The number of carbonyl (C=O) groups is 1. The summed E-state index contributed by atoms with van der Waals surface area (Å²) in [7, 11) is 0. The van der Waals surface area contributed by atoms with Crippen molar-refractivity contribution in [3.8, 4) is 5.75 Å². The molecule has 0 fully saturated rings. The molecular weight excluding hydrogens is 404 g/mol. The van der Waals surface area contributed by atoms with Gasteiger partial charge in [0.15, 0.2) is 6.61 Å².